The molecule has 0 aliphatic rings. The van der Waals surface area contributed by atoms with Gasteiger partial charge in [0, 0.05) is 12.6 Å². The van der Waals surface area contributed by atoms with Crippen LogP contribution in [0.25, 0.3) is 0 Å². The maximum absolute atomic E-state index is 9.50. The Kier molecular flexibility index (Phi) is 2.84. The summed E-state index contributed by atoms with van der Waals surface area (Å²) in [6.07, 6.45) is 6.42. The van der Waals surface area contributed by atoms with Crippen molar-refractivity contribution in [2.24, 2.45) is 0 Å². The van der Waals surface area contributed by atoms with E-state index in [0.717, 1.165) is 5.56 Å². The molecular weight excluding hydrogens is 150 g/mol. The number of aryl methyl sites for hydroxylation is 1. The lowest BCUT2D eigenvalue weighted by Gasteiger charge is -2.08. The van der Waals surface area contributed by atoms with Crippen molar-refractivity contribution in [3.8, 4) is 12.3 Å². The molecule has 0 amide bonds. The summed E-state index contributed by atoms with van der Waals surface area (Å²) in [5.41, 5.74) is 1.65. The highest BCUT2D eigenvalue weighted by Crippen LogP contribution is 2.16. The van der Waals surface area contributed by atoms with Crippen LogP contribution < -0.4 is 0 Å². The number of nitrogens with zero attached hydrogens (tertiary/aromatic N) is 1. The van der Waals surface area contributed by atoms with Crippen molar-refractivity contribution in [2.75, 3.05) is 0 Å². The van der Waals surface area contributed by atoms with Crippen LogP contribution in [0.5, 0.6) is 0 Å². The van der Waals surface area contributed by atoms with Gasteiger partial charge in [-0.15, -0.1) is 12.3 Å². The molecule has 62 valence electrons. The van der Waals surface area contributed by atoms with Crippen LogP contribution in [0.1, 0.15) is 23.8 Å². The molecule has 0 saturated heterocycles. The number of hydrogen-bond donors (Lipinski definition) is 1. The van der Waals surface area contributed by atoms with Crippen LogP contribution >= 0.6 is 0 Å². The molecule has 1 aromatic heterocycles. The first-order chi connectivity index (χ1) is 5.75. The molecular formula is C10H11NO. The van der Waals surface area contributed by atoms with Crippen LogP contribution in [0.15, 0.2) is 18.3 Å². The lowest BCUT2D eigenvalue weighted by molar-refractivity contribution is 0.178. The van der Waals surface area contributed by atoms with E-state index in [4.69, 9.17) is 6.42 Å². The minimum atomic E-state index is -0.629. The molecule has 0 aromatic carbocycles. The quantitative estimate of drug-likeness (QED) is 0.666. The molecule has 1 heterocycles. The Morgan fingerprint density at radius 2 is 2.50 bits per heavy atom. The molecule has 0 aliphatic heterocycles. The van der Waals surface area contributed by atoms with Gasteiger partial charge in [0.25, 0.3) is 0 Å². The van der Waals surface area contributed by atoms with Crippen LogP contribution in [-0.4, -0.2) is 10.1 Å². The highest BCUT2D eigenvalue weighted by Gasteiger charge is 2.08. The third-order valence-electron chi connectivity index (χ3n) is 1.68. The summed E-state index contributed by atoms with van der Waals surface area (Å²) >= 11 is 0. The summed E-state index contributed by atoms with van der Waals surface area (Å²) in [6.45, 7) is 1.90. The van der Waals surface area contributed by atoms with Gasteiger partial charge in [-0.1, -0.05) is 6.07 Å². The Bertz CT molecular complexity index is 301. The van der Waals surface area contributed by atoms with Crippen molar-refractivity contribution in [2.45, 2.75) is 19.4 Å². The van der Waals surface area contributed by atoms with Gasteiger partial charge in [0.1, 0.15) is 6.10 Å². The first-order valence-electron chi connectivity index (χ1n) is 3.78. The highest BCUT2D eigenvalue weighted by molar-refractivity contribution is 5.20. The number of rotatable bonds is 2. The molecule has 2 nitrogen and oxygen atoms in total. The van der Waals surface area contributed by atoms with Gasteiger partial charge in [-0.2, -0.15) is 0 Å². The van der Waals surface area contributed by atoms with Gasteiger partial charge in [-0.25, -0.2) is 0 Å². The summed E-state index contributed by atoms with van der Waals surface area (Å²) in [6, 6.07) is 3.74. The first-order valence-corrected chi connectivity index (χ1v) is 3.78. The van der Waals surface area contributed by atoms with Gasteiger partial charge in [0.05, 0.1) is 5.69 Å². The summed E-state index contributed by atoms with van der Waals surface area (Å²) in [4.78, 5) is 4.05. The Hall–Kier alpha value is -1.33. The van der Waals surface area contributed by atoms with Crippen LogP contribution in [0.3, 0.4) is 0 Å². The number of aliphatic hydroxyl groups excluding tert-OH is 1. The number of aromatic nitrogens is 1. The smallest absolute Gasteiger partial charge is 0.107 e. The van der Waals surface area contributed by atoms with Gasteiger partial charge < -0.3 is 5.11 Å². The standard InChI is InChI=1S/C10H11NO/c1-3-5-9(12)10-8(2)6-4-7-11-10/h1,4,6-7,9,12H,5H2,2H3. The largest absolute Gasteiger partial charge is 0.386 e. The molecule has 1 rings (SSSR count). The summed E-state index contributed by atoms with van der Waals surface area (Å²) in [5, 5.41) is 9.50. The second kappa shape index (κ2) is 3.89. The van der Waals surface area contributed by atoms with Crippen molar-refractivity contribution in [3.63, 3.8) is 0 Å². The molecule has 1 unspecified atom stereocenters. The average Bonchev–Trinajstić information content (AvgIpc) is 2.05. The molecule has 0 saturated carbocycles. The molecule has 1 aromatic rings. The predicted octanol–water partition coefficient (Wildman–Crippen LogP) is 1.45. The molecule has 1 atom stereocenters. The molecule has 0 bridgehead atoms. The van der Waals surface area contributed by atoms with E-state index in [0.29, 0.717) is 12.1 Å². The number of aliphatic hydroxyl groups is 1. The second-order valence-corrected chi connectivity index (χ2v) is 2.63. The normalized spacial score (nSPS) is 12.1. The van der Waals surface area contributed by atoms with Crippen molar-refractivity contribution >= 4 is 0 Å². The Balaban J connectivity index is 2.88. The molecule has 0 radical (unpaired) electrons. The fourth-order valence-corrected chi connectivity index (χ4v) is 1.06. The number of pyridine rings is 1. The minimum absolute atomic E-state index is 0.317. The topological polar surface area (TPSA) is 33.1 Å². The molecule has 0 fully saturated rings. The molecule has 0 spiro atoms. The van der Waals surface area contributed by atoms with E-state index in [1.54, 1.807) is 6.20 Å². The van der Waals surface area contributed by atoms with E-state index in [9.17, 15) is 5.11 Å². The van der Waals surface area contributed by atoms with Gasteiger partial charge in [-0.05, 0) is 18.6 Å². The Labute approximate surface area is 72.3 Å². The summed E-state index contributed by atoms with van der Waals surface area (Å²) in [5.74, 6) is 2.40. The van der Waals surface area contributed by atoms with Gasteiger partial charge in [0.2, 0.25) is 0 Å². The fourth-order valence-electron chi connectivity index (χ4n) is 1.06. The van der Waals surface area contributed by atoms with Crippen molar-refractivity contribution in [1.82, 2.24) is 4.98 Å². The number of terminal acetylenes is 1. The van der Waals surface area contributed by atoms with Gasteiger partial charge >= 0.3 is 0 Å². The minimum Gasteiger partial charge on any atom is -0.386 e. The molecule has 12 heavy (non-hydrogen) atoms. The van der Waals surface area contributed by atoms with E-state index < -0.39 is 6.10 Å². The average molecular weight is 161 g/mol. The van der Waals surface area contributed by atoms with E-state index in [1.807, 2.05) is 19.1 Å². The van der Waals surface area contributed by atoms with Gasteiger partial charge in [-0.3, -0.25) is 4.98 Å². The van der Waals surface area contributed by atoms with Crippen LogP contribution in [0.4, 0.5) is 0 Å². The molecule has 2 heteroatoms. The highest BCUT2D eigenvalue weighted by atomic mass is 16.3. The van der Waals surface area contributed by atoms with Crippen LogP contribution in [-0.2, 0) is 0 Å². The summed E-state index contributed by atoms with van der Waals surface area (Å²) in [7, 11) is 0. The predicted molar refractivity (Wildman–Crippen MR) is 47.4 cm³/mol. The van der Waals surface area contributed by atoms with Crippen molar-refractivity contribution < 1.29 is 5.11 Å². The number of hydrogen-bond acceptors (Lipinski definition) is 2. The van der Waals surface area contributed by atoms with E-state index in [-0.39, 0.29) is 0 Å². The zero-order valence-electron chi connectivity index (χ0n) is 6.99. The molecule has 1 N–H and O–H groups in total. The zero-order valence-corrected chi connectivity index (χ0v) is 6.99. The third-order valence-corrected chi connectivity index (χ3v) is 1.68. The lowest BCUT2D eigenvalue weighted by Crippen LogP contribution is -2.01. The Morgan fingerprint density at radius 3 is 3.08 bits per heavy atom. The van der Waals surface area contributed by atoms with E-state index in [2.05, 4.69) is 10.9 Å². The Morgan fingerprint density at radius 1 is 1.75 bits per heavy atom. The third kappa shape index (κ3) is 1.84. The zero-order chi connectivity index (χ0) is 8.97. The van der Waals surface area contributed by atoms with Crippen molar-refractivity contribution in [3.05, 3.63) is 29.6 Å². The van der Waals surface area contributed by atoms with Crippen LogP contribution in [0, 0.1) is 19.3 Å². The van der Waals surface area contributed by atoms with Crippen LogP contribution in [0.2, 0.25) is 0 Å². The summed E-state index contributed by atoms with van der Waals surface area (Å²) < 4.78 is 0. The lowest BCUT2D eigenvalue weighted by atomic mass is 10.1. The maximum Gasteiger partial charge on any atom is 0.107 e. The molecule has 0 aliphatic carbocycles. The van der Waals surface area contributed by atoms with Crippen molar-refractivity contribution in [1.29, 1.82) is 0 Å². The van der Waals surface area contributed by atoms with E-state index >= 15 is 0 Å². The first kappa shape index (κ1) is 8.76. The van der Waals surface area contributed by atoms with E-state index in [1.165, 1.54) is 0 Å². The monoisotopic (exact) mass is 161 g/mol. The van der Waals surface area contributed by atoms with Gasteiger partial charge in [0.15, 0.2) is 0 Å². The maximum atomic E-state index is 9.50. The fraction of sp³-hybridized carbons (Fsp3) is 0.300. The SMILES string of the molecule is C#CCC(O)c1ncccc1C. The second-order valence-electron chi connectivity index (χ2n) is 2.63.